The number of hydrogen-bond acceptors (Lipinski definition) is 7. The van der Waals surface area contributed by atoms with E-state index in [1.165, 1.54) is 32.1 Å². The lowest BCUT2D eigenvalue weighted by Crippen LogP contribution is -2.21. The summed E-state index contributed by atoms with van der Waals surface area (Å²) < 4.78 is 6.64. The van der Waals surface area contributed by atoms with Gasteiger partial charge < -0.3 is 10.1 Å². The average molecular weight is 361 g/mol. The van der Waals surface area contributed by atoms with Crippen LogP contribution in [-0.2, 0) is 0 Å². The van der Waals surface area contributed by atoms with E-state index in [2.05, 4.69) is 21.6 Å². The number of anilines is 1. The van der Waals surface area contributed by atoms with Crippen molar-refractivity contribution in [2.24, 2.45) is 0 Å². The van der Waals surface area contributed by atoms with Crippen molar-refractivity contribution in [3.05, 3.63) is 29.8 Å². The molecule has 0 atom stereocenters. The smallest absolute Gasteiger partial charge is 0.206 e. The van der Waals surface area contributed by atoms with Gasteiger partial charge in [0.25, 0.3) is 0 Å². The second-order valence-electron chi connectivity index (χ2n) is 5.69. The van der Waals surface area contributed by atoms with Crippen LogP contribution in [0.5, 0.6) is 5.75 Å². The van der Waals surface area contributed by atoms with E-state index in [0.29, 0.717) is 18.2 Å². The molecule has 126 valence electrons. The molecule has 1 aromatic carbocycles. The van der Waals surface area contributed by atoms with Gasteiger partial charge in [0.1, 0.15) is 5.75 Å². The second-order valence-corrected chi connectivity index (χ2v) is 8.01. The van der Waals surface area contributed by atoms with Gasteiger partial charge in [-0.3, -0.25) is 0 Å². The van der Waals surface area contributed by atoms with Crippen LogP contribution in [0.25, 0.3) is 0 Å². The van der Waals surface area contributed by atoms with Crippen LogP contribution in [0.4, 0.5) is 5.13 Å². The van der Waals surface area contributed by atoms with Crippen LogP contribution in [0, 0.1) is 11.3 Å². The quantitative estimate of drug-likeness (QED) is 0.585. The zero-order valence-electron chi connectivity index (χ0n) is 13.4. The lowest BCUT2D eigenvalue weighted by atomic mass is 9.96. The largest absolute Gasteiger partial charge is 0.493 e. The molecule has 0 aliphatic heterocycles. The van der Waals surface area contributed by atoms with E-state index >= 15 is 0 Å². The van der Waals surface area contributed by atoms with Crippen molar-refractivity contribution in [1.82, 2.24) is 10.2 Å². The molecule has 7 heteroatoms. The Hall–Kier alpha value is -1.78. The molecule has 1 heterocycles. The minimum Gasteiger partial charge on any atom is -0.493 e. The Bertz CT molecular complexity index is 675. The zero-order chi connectivity index (χ0) is 16.6. The Balaban J connectivity index is 1.38. The number of benzene rings is 1. The third-order valence-corrected chi connectivity index (χ3v) is 5.85. The first-order valence-electron chi connectivity index (χ1n) is 8.19. The van der Waals surface area contributed by atoms with Crippen LogP contribution in [0.1, 0.15) is 37.7 Å². The summed E-state index contributed by atoms with van der Waals surface area (Å²) in [4.78, 5) is 0. The molecule has 1 fully saturated rings. The van der Waals surface area contributed by atoms with Gasteiger partial charge in [0.2, 0.25) is 5.13 Å². The Morgan fingerprint density at radius 3 is 2.75 bits per heavy atom. The third-order valence-electron chi connectivity index (χ3n) is 3.90. The fourth-order valence-electron chi connectivity index (χ4n) is 2.66. The van der Waals surface area contributed by atoms with E-state index < -0.39 is 0 Å². The van der Waals surface area contributed by atoms with Crippen LogP contribution >= 0.6 is 23.1 Å². The first-order valence-corrected chi connectivity index (χ1v) is 9.99. The van der Waals surface area contributed by atoms with Gasteiger partial charge in [0.05, 0.1) is 18.2 Å². The van der Waals surface area contributed by atoms with Crippen molar-refractivity contribution in [1.29, 1.82) is 5.26 Å². The first kappa shape index (κ1) is 17.1. The van der Waals surface area contributed by atoms with Gasteiger partial charge >= 0.3 is 0 Å². The van der Waals surface area contributed by atoms with Gasteiger partial charge in [-0.15, -0.1) is 10.2 Å². The number of thioether (sulfide) groups is 1. The van der Waals surface area contributed by atoms with E-state index in [0.717, 1.165) is 21.0 Å². The minimum absolute atomic E-state index is 0.560. The van der Waals surface area contributed by atoms with Crippen LogP contribution in [0.15, 0.2) is 28.6 Å². The van der Waals surface area contributed by atoms with Crippen LogP contribution in [0.2, 0.25) is 0 Å². The summed E-state index contributed by atoms with van der Waals surface area (Å²) >= 11 is 3.27. The number of rotatable bonds is 7. The predicted molar refractivity (Wildman–Crippen MR) is 97.8 cm³/mol. The molecule has 0 saturated heterocycles. The number of nitrogens with zero attached hydrogens (tertiary/aromatic N) is 3. The van der Waals surface area contributed by atoms with E-state index in [1.807, 2.05) is 12.1 Å². The molecule has 0 bridgehead atoms. The molecule has 5 nitrogen and oxygen atoms in total. The zero-order valence-corrected chi connectivity index (χ0v) is 15.0. The van der Waals surface area contributed by atoms with Crippen LogP contribution in [0.3, 0.4) is 0 Å². The van der Waals surface area contributed by atoms with E-state index in [4.69, 9.17) is 10.00 Å². The molecule has 24 heavy (non-hydrogen) atoms. The lowest BCUT2D eigenvalue weighted by molar-refractivity contribution is 0.344. The van der Waals surface area contributed by atoms with Gasteiger partial charge in [-0.25, -0.2) is 0 Å². The van der Waals surface area contributed by atoms with Crippen LogP contribution < -0.4 is 10.1 Å². The molecule has 3 rings (SSSR count). The van der Waals surface area contributed by atoms with Crippen molar-refractivity contribution in [2.75, 3.05) is 17.7 Å². The van der Waals surface area contributed by atoms with Crippen molar-refractivity contribution >= 4 is 28.2 Å². The summed E-state index contributed by atoms with van der Waals surface area (Å²) in [5.74, 6) is 1.60. The molecule has 1 aromatic heterocycles. The number of nitriles is 1. The number of aromatic nitrogens is 2. The van der Waals surface area contributed by atoms with Crippen molar-refractivity contribution in [2.45, 2.75) is 42.5 Å². The van der Waals surface area contributed by atoms with Gasteiger partial charge in [-0.1, -0.05) is 42.4 Å². The normalized spacial score (nSPS) is 15.0. The average Bonchev–Trinajstić information content (AvgIpc) is 3.07. The maximum Gasteiger partial charge on any atom is 0.206 e. The molecule has 1 saturated carbocycles. The highest BCUT2D eigenvalue weighted by Crippen LogP contribution is 2.28. The highest BCUT2D eigenvalue weighted by molar-refractivity contribution is 8.01. The molecule has 1 aliphatic carbocycles. The Morgan fingerprint density at radius 1 is 1.21 bits per heavy atom. The highest BCUT2D eigenvalue weighted by Gasteiger charge is 2.15. The lowest BCUT2D eigenvalue weighted by Gasteiger charge is -2.21. The standard InChI is InChI=1S/C17H20N4OS2/c18-12-13-6-8-15(9-7-13)22-10-11-23-17-21-20-16(24-17)19-14-4-2-1-3-5-14/h6-9,14H,1-5,10-11H2,(H,19,20). The van der Waals surface area contributed by atoms with Crippen molar-refractivity contribution < 1.29 is 4.74 Å². The molecular weight excluding hydrogens is 340 g/mol. The maximum atomic E-state index is 8.76. The van der Waals surface area contributed by atoms with Crippen LogP contribution in [-0.4, -0.2) is 28.6 Å². The topological polar surface area (TPSA) is 70.8 Å². The second kappa shape index (κ2) is 8.90. The van der Waals surface area contributed by atoms with Gasteiger partial charge in [0, 0.05) is 11.8 Å². The number of ether oxygens (including phenoxy) is 1. The van der Waals surface area contributed by atoms with Crippen molar-refractivity contribution in [3.63, 3.8) is 0 Å². The molecule has 0 unspecified atom stereocenters. The summed E-state index contributed by atoms with van der Waals surface area (Å²) in [5.41, 5.74) is 0.642. The molecule has 0 spiro atoms. The monoisotopic (exact) mass is 360 g/mol. The molecular formula is C17H20N4OS2. The summed E-state index contributed by atoms with van der Waals surface area (Å²) in [5, 5.41) is 21.7. The Labute approximate surface area is 150 Å². The number of hydrogen-bond donors (Lipinski definition) is 1. The summed E-state index contributed by atoms with van der Waals surface area (Å²) in [7, 11) is 0. The van der Waals surface area contributed by atoms with E-state index in [1.54, 1.807) is 35.2 Å². The fourth-order valence-corrected chi connectivity index (χ4v) is 4.38. The Morgan fingerprint density at radius 2 is 2.00 bits per heavy atom. The highest BCUT2D eigenvalue weighted by atomic mass is 32.2. The SMILES string of the molecule is N#Cc1ccc(OCCSc2nnc(NC3CCCCC3)s2)cc1. The van der Waals surface area contributed by atoms with Gasteiger partial charge in [-0.2, -0.15) is 5.26 Å². The van der Waals surface area contributed by atoms with Crippen molar-refractivity contribution in [3.8, 4) is 11.8 Å². The first-order chi connectivity index (χ1) is 11.8. The number of nitrogens with one attached hydrogen (secondary N) is 1. The summed E-state index contributed by atoms with van der Waals surface area (Å²) in [6.45, 7) is 0.599. The minimum atomic E-state index is 0.560. The summed E-state index contributed by atoms with van der Waals surface area (Å²) in [6, 6.07) is 9.81. The fraction of sp³-hybridized carbons (Fsp3) is 0.471. The molecule has 0 amide bonds. The van der Waals surface area contributed by atoms with Gasteiger partial charge in [0.15, 0.2) is 4.34 Å². The summed E-state index contributed by atoms with van der Waals surface area (Å²) in [6.07, 6.45) is 6.45. The maximum absolute atomic E-state index is 8.76. The van der Waals surface area contributed by atoms with E-state index in [-0.39, 0.29) is 0 Å². The van der Waals surface area contributed by atoms with E-state index in [9.17, 15) is 0 Å². The molecule has 0 radical (unpaired) electrons. The molecule has 1 aliphatic rings. The molecule has 1 N–H and O–H groups in total. The van der Waals surface area contributed by atoms with Gasteiger partial charge in [-0.05, 0) is 37.1 Å². The predicted octanol–water partition coefficient (Wildman–Crippen LogP) is 4.33. The Kier molecular flexibility index (Phi) is 6.33. The third kappa shape index (κ3) is 5.11. The molecule has 2 aromatic rings.